The smallest absolute Gasteiger partial charge is 0.0935 e. The zero-order valence-electron chi connectivity index (χ0n) is 6.61. The first-order chi connectivity index (χ1) is 5.36. The van der Waals surface area contributed by atoms with E-state index in [1.807, 2.05) is 12.4 Å². The van der Waals surface area contributed by atoms with Gasteiger partial charge in [-0.3, -0.25) is 0 Å². The van der Waals surface area contributed by atoms with Crippen molar-refractivity contribution in [2.75, 3.05) is 19.0 Å². The van der Waals surface area contributed by atoms with Crippen LogP contribution in [-0.4, -0.2) is 28.8 Å². The molecule has 3 heteroatoms. The molecule has 0 fully saturated rings. The average molecular weight is 170 g/mol. The van der Waals surface area contributed by atoms with Gasteiger partial charge in [0.2, 0.25) is 0 Å². The quantitative estimate of drug-likeness (QED) is 0.639. The maximum absolute atomic E-state index is 4.15. The number of rotatable bonds is 4. The van der Waals surface area contributed by atoms with Gasteiger partial charge in [0.1, 0.15) is 0 Å². The Labute approximate surface area is 73.6 Å². The Morgan fingerprint density at radius 1 is 1.55 bits per heavy atom. The maximum Gasteiger partial charge on any atom is 0.0935 e. The second-order valence-corrected chi connectivity index (χ2v) is 2.97. The van der Waals surface area contributed by atoms with E-state index >= 15 is 0 Å². The molecule has 0 radical (unpaired) electrons. The third kappa shape index (κ3) is 2.50. The molecule has 1 aliphatic rings. The van der Waals surface area contributed by atoms with Gasteiger partial charge in [-0.05, 0) is 18.4 Å². The molecule has 0 saturated carbocycles. The number of nitrogens with zero attached hydrogens (tertiary/aromatic N) is 2. The van der Waals surface area contributed by atoms with Crippen molar-refractivity contribution in [3.8, 4) is 0 Å². The highest BCUT2D eigenvalue weighted by Crippen LogP contribution is 2.06. The number of hydrogen-bond acceptors (Lipinski definition) is 3. The summed E-state index contributed by atoms with van der Waals surface area (Å²) in [5.74, 6) is 0.957. The summed E-state index contributed by atoms with van der Waals surface area (Å²) in [5, 5.41) is 0. The van der Waals surface area contributed by atoms with Crippen molar-refractivity contribution in [3.05, 3.63) is 25.2 Å². The van der Waals surface area contributed by atoms with E-state index < -0.39 is 0 Å². The number of thiol groups is 1. The summed E-state index contributed by atoms with van der Waals surface area (Å²) < 4.78 is 0. The molecule has 11 heavy (non-hydrogen) atoms. The van der Waals surface area contributed by atoms with Crippen LogP contribution in [0.15, 0.2) is 25.2 Å². The normalized spacial score (nSPS) is 16.1. The summed E-state index contributed by atoms with van der Waals surface area (Å²) in [7, 11) is 0. The molecule has 0 atom stereocenters. The highest BCUT2D eigenvalue weighted by molar-refractivity contribution is 7.80. The molecule has 0 unspecified atom stereocenters. The molecule has 0 saturated heterocycles. The summed E-state index contributed by atoms with van der Waals surface area (Å²) in [6.07, 6.45) is 7.09. The third-order valence-corrected chi connectivity index (χ3v) is 1.97. The molecule has 1 heterocycles. The second-order valence-electron chi connectivity index (χ2n) is 2.53. The van der Waals surface area contributed by atoms with E-state index in [9.17, 15) is 0 Å². The lowest BCUT2D eigenvalue weighted by molar-refractivity contribution is 0.316. The van der Waals surface area contributed by atoms with Crippen LogP contribution in [0, 0.1) is 0 Å². The van der Waals surface area contributed by atoms with Gasteiger partial charge in [-0.25, -0.2) is 0 Å². The fourth-order valence-corrected chi connectivity index (χ4v) is 1.16. The minimum atomic E-state index is 0.942. The Bertz CT molecular complexity index is 156. The first-order valence-corrected chi connectivity index (χ1v) is 4.41. The van der Waals surface area contributed by atoms with Crippen LogP contribution in [-0.2, 0) is 0 Å². The van der Waals surface area contributed by atoms with Gasteiger partial charge in [0.25, 0.3) is 0 Å². The predicted octanol–water partition coefficient (Wildman–Crippen LogP) is 1.50. The topological polar surface area (TPSA) is 6.48 Å². The Kier molecular flexibility index (Phi) is 3.36. The highest BCUT2D eigenvalue weighted by Gasteiger charge is 2.07. The van der Waals surface area contributed by atoms with Gasteiger partial charge in [-0.2, -0.15) is 12.6 Å². The van der Waals surface area contributed by atoms with Gasteiger partial charge in [-0.1, -0.05) is 6.58 Å². The van der Waals surface area contributed by atoms with Gasteiger partial charge in [-0.15, -0.1) is 0 Å². The lowest BCUT2D eigenvalue weighted by atomic mass is 10.4. The van der Waals surface area contributed by atoms with Crippen LogP contribution in [0.3, 0.4) is 0 Å². The first-order valence-electron chi connectivity index (χ1n) is 3.78. The SMILES string of the molecule is C=CN1C=CN(CCCS)C1. The first kappa shape index (κ1) is 8.53. The van der Waals surface area contributed by atoms with Crippen LogP contribution in [0.25, 0.3) is 0 Å². The average Bonchev–Trinajstić information content (AvgIpc) is 2.48. The van der Waals surface area contributed by atoms with Crippen LogP contribution in [0.1, 0.15) is 6.42 Å². The maximum atomic E-state index is 4.15. The summed E-state index contributed by atoms with van der Waals surface area (Å²) in [4.78, 5) is 4.30. The van der Waals surface area contributed by atoms with Gasteiger partial charge < -0.3 is 9.80 Å². The molecule has 0 N–H and O–H groups in total. The molecule has 1 aliphatic heterocycles. The molecule has 0 spiro atoms. The van der Waals surface area contributed by atoms with Crippen molar-refractivity contribution < 1.29 is 0 Å². The van der Waals surface area contributed by atoms with Crippen LogP contribution in [0.2, 0.25) is 0 Å². The Balaban J connectivity index is 2.20. The van der Waals surface area contributed by atoms with Crippen molar-refractivity contribution in [2.24, 2.45) is 0 Å². The molecular formula is C8H14N2S. The van der Waals surface area contributed by atoms with E-state index in [1.165, 1.54) is 0 Å². The van der Waals surface area contributed by atoms with E-state index in [4.69, 9.17) is 0 Å². The predicted molar refractivity (Wildman–Crippen MR) is 51.2 cm³/mol. The summed E-state index contributed by atoms with van der Waals surface area (Å²) >= 11 is 4.15. The fraction of sp³-hybridized carbons (Fsp3) is 0.500. The minimum absolute atomic E-state index is 0.942. The standard InChI is InChI=1S/C8H14N2S/c1-2-9-5-6-10(8-9)4-3-7-11/h2,5-6,11H,1,3-4,7-8H2. The summed E-state index contributed by atoms with van der Waals surface area (Å²) in [6, 6.07) is 0. The van der Waals surface area contributed by atoms with Crippen molar-refractivity contribution in [2.45, 2.75) is 6.42 Å². The third-order valence-electron chi connectivity index (χ3n) is 1.65. The van der Waals surface area contributed by atoms with Crippen LogP contribution in [0.4, 0.5) is 0 Å². The Morgan fingerprint density at radius 2 is 2.36 bits per heavy atom. The Morgan fingerprint density at radius 3 is 2.91 bits per heavy atom. The molecule has 2 nitrogen and oxygen atoms in total. The number of hydrogen-bond donors (Lipinski definition) is 1. The summed E-state index contributed by atoms with van der Waals surface area (Å²) in [6.45, 7) is 5.72. The van der Waals surface area contributed by atoms with Crippen LogP contribution in [0.5, 0.6) is 0 Å². The zero-order chi connectivity index (χ0) is 8.10. The zero-order valence-corrected chi connectivity index (χ0v) is 7.50. The largest absolute Gasteiger partial charge is 0.358 e. The lowest BCUT2D eigenvalue weighted by Crippen LogP contribution is -2.22. The van der Waals surface area contributed by atoms with Gasteiger partial charge in [0, 0.05) is 18.9 Å². The molecule has 0 aliphatic carbocycles. The fourth-order valence-electron chi connectivity index (χ4n) is 1.02. The van der Waals surface area contributed by atoms with Crippen molar-refractivity contribution in [1.82, 2.24) is 9.80 Å². The van der Waals surface area contributed by atoms with E-state index in [1.54, 1.807) is 0 Å². The van der Waals surface area contributed by atoms with E-state index in [0.717, 1.165) is 25.4 Å². The molecule has 0 bridgehead atoms. The van der Waals surface area contributed by atoms with E-state index in [2.05, 4.69) is 35.2 Å². The van der Waals surface area contributed by atoms with Crippen molar-refractivity contribution in [3.63, 3.8) is 0 Å². The lowest BCUT2D eigenvalue weighted by Gasteiger charge is -2.17. The highest BCUT2D eigenvalue weighted by atomic mass is 32.1. The molecular weight excluding hydrogens is 156 g/mol. The molecule has 0 aromatic rings. The molecule has 62 valence electrons. The van der Waals surface area contributed by atoms with Crippen LogP contribution >= 0.6 is 12.6 Å². The molecule has 0 aromatic heterocycles. The van der Waals surface area contributed by atoms with Crippen molar-refractivity contribution in [1.29, 1.82) is 0 Å². The van der Waals surface area contributed by atoms with Gasteiger partial charge >= 0.3 is 0 Å². The molecule has 0 amide bonds. The van der Waals surface area contributed by atoms with E-state index in [-0.39, 0.29) is 0 Å². The molecule has 0 aromatic carbocycles. The van der Waals surface area contributed by atoms with Crippen LogP contribution < -0.4 is 0 Å². The second kappa shape index (κ2) is 4.34. The summed E-state index contributed by atoms with van der Waals surface area (Å²) in [5.41, 5.74) is 0. The van der Waals surface area contributed by atoms with Crippen molar-refractivity contribution >= 4 is 12.6 Å². The molecule has 1 rings (SSSR count). The Hall–Kier alpha value is -0.570. The minimum Gasteiger partial charge on any atom is -0.358 e. The monoisotopic (exact) mass is 170 g/mol. The van der Waals surface area contributed by atoms with Gasteiger partial charge in [0.15, 0.2) is 0 Å². The van der Waals surface area contributed by atoms with Gasteiger partial charge in [0.05, 0.1) is 6.67 Å². The van der Waals surface area contributed by atoms with E-state index in [0.29, 0.717) is 0 Å².